The van der Waals surface area contributed by atoms with Crippen LogP contribution in [-0.4, -0.2) is 29.3 Å². The molecule has 0 bridgehead atoms. The molecular weight excluding hydrogens is 215 g/mol. The van der Waals surface area contributed by atoms with Crippen LogP contribution in [0.1, 0.15) is 0 Å². The van der Waals surface area contributed by atoms with Crippen molar-refractivity contribution < 1.29 is 9.47 Å². The standard InChI is InChI=1S/C7H6Cl2N2O2/c8-5-1-6(11-7(9)10-5)13-4-2-12-3-4/h1,4H,2-3H2. The quantitative estimate of drug-likeness (QED) is 0.561. The van der Waals surface area contributed by atoms with Crippen molar-refractivity contribution >= 4 is 23.2 Å². The Morgan fingerprint density at radius 2 is 2.15 bits per heavy atom. The minimum absolute atomic E-state index is 0.0574. The van der Waals surface area contributed by atoms with E-state index < -0.39 is 0 Å². The monoisotopic (exact) mass is 220 g/mol. The van der Waals surface area contributed by atoms with Gasteiger partial charge in [0.2, 0.25) is 11.2 Å². The maximum absolute atomic E-state index is 5.65. The van der Waals surface area contributed by atoms with Gasteiger partial charge in [-0.15, -0.1) is 0 Å². The molecule has 0 radical (unpaired) electrons. The van der Waals surface area contributed by atoms with E-state index in [2.05, 4.69) is 9.97 Å². The molecule has 0 amide bonds. The van der Waals surface area contributed by atoms with Gasteiger partial charge in [-0.05, 0) is 11.6 Å². The summed E-state index contributed by atoms with van der Waals surface area (Å²) in [5, 5.41) is 0.359. The third-order valence-corrected chi connectivity index (χ3v) is 1.90. The van der Waals surface area contributed by atoms with Crippen molar-refractivity contribution in [3.63, 3.8) is 0 Å². The molecule has 70 valence electrons. The fourth-order valence-electron chi connectivity index (χ4n) is 0.884. The van der Waals surface area contributed by atoms with E-state index in [0.717, 1.165) is 0 Å². The molecule has 0 atom stereocenters. The molecule has 13 heavy (non-hydrogen) atoms. The van der Waals surface area contributed by atoms with Crippen LogP contribution in [0.3, 0.4) is 0 Å². The van der Waals surface area contributed by atoms with Crippen molar-refractivity contribution in [2.45, 2.75) is 6.10 Å². The van der Waals surface area contributed by atoms with Crippen molar-refractivity contribution in [2.75, 3.05) is 13.2 Å². The molecule has 1 aliphatic rings. The Morgan fingerprint density at radius 1 is 1.38 bits per heavy atom. The first kappa shape index (κ1) is 8.99. The topological polar surface area (TPSA) is 44.2 Å². The summed E-state index contributed by atoms with van der Waals surface area (Å²) in [5.74, 6) is 0.387. The molecule has 0 aromatic carbocycles. The highest BCUT2D eigenvalue weighted by molar-refractivity contribution is 6.31. The number of aromatic nitrogens is 2. The van der Waals surface area contributed by atoms with E-state index >= 15 is 0 Å². The smallest absolute Gasteiger partial charge is 0.227 e. The van der Waals surface area contributed by atoms with Crippen LogP contribution < -0.4 is 4.74 Å². The summed E-state index contributed by atoms with van der Waals surface area (Å²) < 4.78 is 10.3. The first-order chi connectivity index (χ1) is 6.24. The third-order valence-electron chi connectivity index (χ3n) is 1.54. The van der Waals surface area contributed by atoms with Crippen molar-refractivity contribution in [2.24, 2.45) is 0 Å². The Bertz CT molecular complexity index is 297. The predicted molar refractivity (Wildman–Crippen MR) is 47.3 cm³/mol. The van der Waals surface area contributed by atoms with Crippen LogP contribution in [0.2, 0.25) is 10.4 Å². The second kappa shape index (κ2) is 3.65. The van der Waals surface area contributed by atoms with Crippen molar-refractivity contribution in [3.05, 3.63) is 16.5 Å². The first-order valence-corrected chi connectivity index (χ1v) is 4.44. The molecule has 0 spiro atoms. The summed E-state index contributed by atoms with van der Waals surface area (Å²) >= 11 is 11.2. The molecule has 4 nitrogen and oxygen atoms in total. The van der Waals surface area contributed by atoms with E-state index in [1.807, 2.05) is 0 Å². The number of ether oxygens (including phenoxy) is 2. The van der Waals surface area contributed by atoms with Gasteiger partial charge in [-0.25, -0.2) is 4.98 Å². The highest BCUT2D eigenvalue weighted by Gasteiger charge is 2.20. The lowest BCUT2D eigenvalue weighted by Crippen LogP contribution is -2.38. The van der Waals surface area contributed by atoms with Gasteiger partial charge in [-0.3, -0.25) is 0 Å². The zero-order chi connectivity index (χ0) is 9.26. The molecule has 1 fully saturated rings. The Hall–Kier alpha value is -0.580. The van der Waals surface area contributed by atoms with Gasteiger partial charge in [0.15, 0.2) is 0 Å². The van der Waals surface area contributed by atoms with Crippen molar-refractivity contribution in [1.29, 1.82) is 0 Å². The van der Waals surface area contributed by atoms with E-state index in [0.29, 0.717) is 19.1 Å². The summed E-state index contributed by atoms with van der Waals surface area (Å²) in [6.45, 7) is 1.17. The average molecular weight is 221 g/mol. The summed E-state index contributed by atoms with van der Waals surface area (Å²) in [6, 6.07) is 1.52. The van der Waals surface area contributed by atoms with Crippen LogP contribution in [0.25, 0.3) is 0 Å². The Balaban J connectivity index is 2.10. The van der Waals surface area contributed by atoms with E-state index in [4.69, 9.17) is 32.7 Å². The van der Waals surface area contributed by atoms with Crippen LogP contribution in [0.5, 0.6) is 5.88 Å². The highest BCUT2D eigenvalue weighted by atomic mass is 35.5. The zero-order valence-corrected chi connectivity index (χ0v) is 8.05. The number of hydrogen-bond donors (Lipinski definition) is 0. The number of hydrogen-bond acceptors (Lipinski definition) is 4. The van der Waals surface area contributed by atoms with E-state index in [1.54, 1.807) is 0 Å². The molecule has 1 aromatic heterocycles. The Labute approximate surface area is 84.8 Å². The molecule has 0 N–H and O–H groups in total. The minimum Gasteiger partial charge on any atom is -0.469 e. The first-order valence-electron chi connectivity index (χ1n) is 3.68. The van der Waals surface area contributed by atoms with Crippen molar-refractivity contribution in [3.8, 4) is 5.88 Å². The summed E-state index contributed by atoms with van der Waals surface area (Å²) in [6.07, 6.45) is 0.0574. The molecule has 1 saturated heterocycles. The second-order valence-corrected chi connectivity index (χ2v) is 3.30. The van der Waals surface area contributed by atoms with Crippen LogP contribution in [0.15, 0.2) is 6.07 Å². The van der Waals surface area contributed by atoms with Gasteiger partial charge in [0.05, 0.1) is 13.2 Å². The molecule has 0 aliphatic carbocycles. The fourth-order valence-corrected chi connectivity index (χ4v) is 1.27. The molecule has 2 rings (SSSR count). The van der Waals surface area contributed by atoms with E-state index in [1.165, 1.54) is 6.07 Å². The molecule has 2 heterocycles. The Morgan fingerprint density at radius 3 is 2.69 bits per heavy atom. The third kappa shape index (κ3) is 2.21. The van der Waals surface area contributed by atoms with Crippen molar-refractivity contribution in [1.82, 2.24) is 9.97 Å². The highest BCUT2D eigenvalue weighted by Crippen LogP contribution is 2.19. The molecule has 1 aliphatic heterocycles. The number of rotatable bonds is 2. The SMILES string of the molecule is Clc1cc(OC2COC2)nc(Cl)n1. The summed E-state index contributed by atoms with van der Waals surface area (Å²) in [4.78, 5) is 7.54. The van der Waals surface area contributed by atoms with Gasteiger partial charge in [-0.1, -0.05) is 11.6 Å². The fraction of sp³-hybridized carbons (Fsp3) is 0.429. The lowest BCUT2D eigenvalue weighted by molar-refractivity contribution is -0.0813. The van der Waals surface area contributed by atoms with Gasteiger partial charge < -0.3 is 9.47 Å². The molecule has 0 saturated carbocycles. The van der Waals surface area contributed by atoms with E-state index in [-0.39, 0.29) is 16.5 Å². The largest absolute Gasteiger partial charge is 0.469 e. The Kier molecular flexibility index (Phi) is 2.53. The van der Waals surface area contributed by atoms with Crippen LogP contribution in [0.4, 0.5) is 0 Å². The minimum atomic E-state index is 0.0574. The average Bonchev–Trinajstić information content (AvgIpc) is 1.95. The van der Waals surface area contributed by atoms with Crippen LogP contribution in [-0.2, 0) is 4.74 Å². The molecule has 0 unspecified atom stereocenters. The lowest BCUT2D eigenvalue weighted by Gasteiger charge is -2.25. The van der Waals surface area contributed by atoms with Gasteiger partial charge in [-0.2, -0.15) is 4.98 Å². The van der Waals surface area contributed by atoms with Gasteiger partial charge >= 0.3 is 0 Å². The maximum atomic E-state index is 5.65. The normalized spacial score (nSPS) is 16.8. The molecule has 6 heteroatoms. The second-order valence-electron chi connectivity index (χ2n) is 2.58. The van der Waals surface area contributed by atoms with Gasteiger partial charge in [0, 0.05) is 6.07 Å². The molecule has 1 aromatic rings. The number of nitrogens with zero attached hydrogens (tertiary/aromatic N) is 2. The summed E-state index contributed by atoms with van der Waals surface area (Å²) in [7, 11) is 0. The van der Waals surface area contributed by atoms with Crippen LogP contribution in [0, 0.1) is 0 Å². The molecular formula is C7H6Cl2N2O2. The zero-order valence-electron chi connectivity index (χ0n) is 6.54. The van der Waals surface area contributed by atoms with Gasteiger partial charge in [0.1, 0.15) is 11.3 Å². The van der Waals surface area contributed by atoms with Crippen LogP contribution >= 0.6 is 23.2 Å². The number of halogens is 2. The van der Waals surface area contributed by atoms with Gasteiger partial charge in [0.25, 0.3) is 0 Å². The predicted octanol–water partition coefficient (Wildman–Crippen LogP) is 1.56. The van der Waals surface area contributed by atoms with E-state index in [9.17, 15) is 0 Å². The maximum Gasteiger partial charge on any atom is 0.227 e. The lowest BCUT2D eigenvalue weighted by atomic mass is 10.3. The summed E-state index contributed by atoms with van der Waals surface area (Å²) in [5.41, 5.74) is 0.